The van der Waals surface area contributed by atoms with Gasteiger partial charge in [-0.15, -0.1) is 0 Å². The molecule has 0 saturated carbocycles. The average molecular weight is 322 g/mol. The number of anilines is 1. The summed E-state index contributed by atoms with van der Waals surface area (Å²) in [5.74, 6) is 2.50. The van der Waals surface area contributed by atoms with Crippen LogP contribution in [-0.4, -0.2) is 37.7 Å². The van der Waals surface area contributed by atoms with Gasteiger partial charge in [0.15, 0.2) is 0 Å². The summed E-state index contributed by atoms with van der Waals surface area (Å²) >= 11 is 6.00. The highest BCUT2D eigenvalue weighted by Gasteiger charge is 2.29. The number of hydrogen-bond acceptors (Lipinski definition) is 5. The Bertz CT molecular complexity index is 631. The molecule has 1 fully saturated rings. The fourth-order valence-electron chi connectivity index (χ4n) is 3.00. The van der Waals surface area contributed by atoms with Crippen molar-refractivity contribution >= 4 is 17.4 Å². The van der Waals surface area contributed by atoms with Gasteiger partial charge in [0, 0.05) is 38.6 Å². The third-order valence-corrected chi connectivity index (χ3v) is 4.42. The monoisotopic (exact) mass is 321 g/mol. The topological polar surface area (TPSA) is 67.1 Å². The highest BCUT2D eigenvalue weighted by molar-refractivity contribution is 6.29. The molecule has 22 heavy (non-hydrogen) atoms. The van der Waals surface area contributed by atoms with Crippen LogP contribution in [0.15, 0.2) is 18.5 Å². The second-order valence-electron chi connectivity index (χ2n) is 5.76. The predicted octanol–water partition coefficient (Wildman–Crippen LogP) is 2.12. The summed E-state index contributed by atoms with van der Waals surface area (Å²) in [5, 5.41) is 11.0. The van der Waals surface area contributed by atoms with Gasteiger partial charge in [-0.3, -0.25) is 0 Å². The summed E-state index contributed by atoms with van der Waals surface area (Å²) in [6.45, 7) is 3.53. The summed E-state index contributed by atoms with van der Waals surface area (Å²) in [4.78, 5) is 15.0. The van der Waals surface area contributed by atoms with Crippen molar-refractivity contribution in [2.75, 3.05) is 18.0 Å². The number of hydrogen-bond donors (Lipinski definition) is 1. The van der Waals surface area contributed by atoms with Crippen LogP contribution in [0.3, 0.4) is 0 Å². The standard InChI is InChI=1S/C15H20ClN5O/c1-10-18-12(16)9-13(19-10)21-6-3-11(4-7-21)14(22)15-17-5-8-20(15)2/h5,8-9,11,14,22H,3-4,6-7H2,1-2H3. The minimum Gasteiger partial charge on any atom is -0.385 e. The van der Waals surface area contributed by atoms with Gasteiger partial charge in [-0.2, -0.15) is 0 Å². The van der Waals surface area contributed by atoms with E-state index in [0.717, 1.165) is 37.6 Å². The Kier molecular flexibility index (Phi) is 4.31. The van der Waals surface area contributed by atoms with Crippen LogP contribution in [0.2, 0.25) is 5.15 Å². The van der Waals surface area contributed by atoms with Gasteiger partial charge in [-0.05, 0) is 25.7 Å². The molecule has 0 aliphatic carbocycles. The first-order valence-corrected chi connectivity index (χ1v) is 7.84. The third kappa shape index (κ3) is 3.08. The van der Waals surface area contributed by atoms with Crippen LogP contribution >= 0.6 is 11.6 Å². The van der Waals surface area contributed by atoms with E-state index in [0.29, 0.717) is 11.0 Å². The fraction of sp³-hybridized carbons (Fsp3) is 0.533. The first-order chi connectivity index (χ1) is 10.5. The Labute approximate surface area is 134 Å². The summed E-state index contributed by atoms with van der Waals surface area (Å²) in [6, 6.07) is 1.80. The van der Waals surface area contributed by atoms with Gasteiger partial charge in [-0.1, -0.05) is 11.6 Å². The lowest BCUT2D eigenvalue weighted by molar-refractivity contribution is 0.0824. The molecule has 2 aromatic rings. The van der Waals surface area contributed by atoms with Crippen molar-refractivity contribution < 1.29 is 5.11 Å². The number of aromatic nitrogens is 4. The predicted molar refractivity (Wildman–Crippen MR) is 84.9 cm³/mol. The second kappa shape index (κ2) is 6.22. The van der Waals surface area contributed by atoms with Crippen LogP contribution in [-0.2, 0) is 7.05 Å². The number of rotatable bonds is 3. The average Bonchev–Trinajstić information content (AvgIpc) is 2.92. The molecule has 7 heteroatoms. The molecule has 1 aliphatic heterocycles. The van der Waals surface area contributed by atoms with Crippen molar-refractivity contribution in [3.05, 3.63) is 35.3 Å². The largest absolute Gasteiger partial charge is 0.385 e. The maximum atomic E-state index is 10.5. The Morgan fingerprint density at radius 2 is 2.05 bits per heavy atom. The van der Waals surface area contributed by atoms with Gasteiger partial charge in [-0.25, -0.2) is 15.0 Å². The molecule has 118 valence electrons. The first-order valence-electron chi connectivity index (χ1n) is 7.46. The van der Waals surface area contributed by atoms with Crippen LogP contribution in [0.5, 0.6) is 0 Å². The van der Waals surface area contributed by atoms with Crippen molar-refractivity contribution in [1.29, 1.82) is 0 Å². The van der Waals surface area contributed by atoms with Crippen LogP contribution in [0.4, 0.5) is 5.82 Å². The summed E-state index contributed by atoms with van der Waals surface area (Å²) in [5.41, 5.74) is 0. The van der Waals surface area contributed by atoms with Crippen LogP contribution < -0.4 is 4.90 Å². The Balaban J connectivity index is 1.66. The van der Waals surface area contributed by atoms with Crippen molar-refractivity contribution in [3.63, 3.8) is 0 Å². The Morgan fingerprint density at radius 1 is 1.32 bits per heavy atom. The highest BCUT2D eigenvalue weighted by atomic mass is 35.5. The number of halogens is 1. The third-order valence-electron chi connectivity index (χ3n) is 4.23. The van der Waals surface area contributed by atoms with Crippen LogP contribution in [0.25, 0.3) is 0 Å². The summed E-state index contributed by atoms with van der Waals surface area (Å²) in [7, 11) is 1.91. The SMILES string of the molecule is Cc1nc(Cl)cc(N2CCC(C(O)c3nccn3C)CC2)n1. The minimum atomic E-state index is -0.516. The van der Waals surface area contributed by atoms with Gasteiger partial charge in [0.05, 0.1) is 0 Å². The maximum absolute atomic E-state index is 10.5. The van der Waals surface area contributed by atoms with E-state index in [-0.39, 0.29) is 5.92 Å². The molecule has 0 amide bonds. The maximum Gasteiger partial charge on any atom is 0.137 e. The van der Waals surface area contributed by atoms with E-state index in [1.165, 1.54) is 0 Å². The van der Waals surface area contributed by atoms with Crippen molar-refractivity contribution in [1.82, 2.24) is 19.5 Å². The van der Waals surface area contributed by atoms with Gasteiger partial charge >= 0.3 is 0 Å². The molecule has 3 heterocycles. The molecule has 0 spiro atoms. The Hall–Kier alpha value is -1.66. The van der Waals surface area contributed by atoms with E-state index in [1.807, 2.05) is 24.7 Å². The molecule has 3 rings (SSSR count). The molecule has 1 saturated heterocycles. The molecule has 0 radical (unpaired) electrons. The molecule has 1 aliphatic rings. The molecule has 0 bridgehead atoms. The first kappa shape index (κ1) is 15.2. The summed E-state index contributed by atoms with van der Waals surface area (Å²) in [6.07, 6.45) is 4.86. The number of nitrogens with zero attached hydrogens (tertiary/aromatic N) is 5. The molecular weight excluding hydrogens is 302 g/mol. The van der Waals surface area contributed by atoms with E-state index in [1.54, 1.807) is 12.3 Å². The number of piperidine rings is 1. The lowest BCUT2D eigenvalue weighted by atomic mass is 9.90. The van der Waals surface area contributed by atoms with Gasteiger partial charge in [0.1, 0.15) is 28.7 Å². The van der Waals surface area contributed by atoms with Crippen LogP contribution in [0.1, 0.15) is 30.6 Å². The zero-order valence-electron chi connectivity index (χ0n) is 12.8. The van der Waals surface area contributed by atoms with Gasteiger partial charge in [0.25, 0.3) is 0 Å². The molecule has 6 nitrogen and oxygen atoms in total. The number of aryl methyl sites for hydroxylation is 2. The van der Waals surface area contributed by atoms with E-state index in [9.17, 15) is 5.11 Å². The van der Waals surface area contributed by atoms with Crippen molar-refractivity contribution in [2.45, 2.75) is 25.9 Å². The number of aliphatic hydroxyl groups excluding tert-OH is 1. The molecule has 2 aromatic heterocycles. The highest BCUT2D eigenvalue weighted by Crippen LogP contribution is 2.31. The Morgan fingerprint density at radius 3 is 2.64 bits per heavy atom. The van der Waals surface area contributed by atoms with Gasteiger partial charge in [0.2, 0.25) is 0 Å². The van der Waals surface area contributed by atoms with E-state index >= 15 is 0 Å². The quantitative estimate of drug-likeness (QED) is 0.877. The van der Waals surface area contributed by atoms with Gasteiger partial charge < -0.3 is 14.6 Å². The normalized spacial score (nSPS) is 17.7. The second-order valence-corrected chi connectivity index (χ2v) is 6.15. The zero-order valence-corrected chi connectivity index (χ0v) is 13.5. The summed E-state index contributed by atoms with van der Waals surface area (Å²) < 4.78 is 1.88. The van der Waals surface area contributed by atoms with Crippen molar-refractivity contribution in [3.8, 4) is 0 Å². The lowest BCUT2D eigenvalue weighted by Crippen LogP contribution is -2.36. The minimum absolute atomic E-state index is 0.218. The molecule has 1 unspecified atom stereocenters. The zero-order chi connectivity index (χ0) is 15.7. The molecule has 1 N–H and O–H groups in total. The smallest absolute Gasteiger partial charge is 0.137 e. The van der Waals surface area contributed by atoms with Crippen LogP contribution in [0, 0.1) is 12.8 Å². The molecule has 0 aromatic carbocycles. The number of imidazole rings is 1. The lowest BCUT2D eigenvalue weighted by Gasteiger charge is -2.34. The van der Waals surface area contributed by atoms with E-state index < -0.39 is 6.10 Å². The van der Waals surface area contributed by atoms with E-state index in [4.69, 9.17) is 11.6 Å². The molecular formula is C15H20ClN5O. The fourth-order valence-corrected chi connectivity index (χ4v) is 3.22. The van der Waals surface area contributed by atoms with Crippen molar-refractivity contribution in [2.24, 2.45) is 13.0 Å². The molecule has 1 atom stereocenters. The van der Waals surface area contributed by atoms with E-state index in [2.05, 4.69) is 19.9 Å². The number of aliphatic hydroxyl groups is 1.